The zero-order chi connectivity index (χ0) is 20.2. The molecule has 2 aromatic carbocycles. The van der Waals surface area contributed by atoms with Gasteiger partial charge in [0.25, 0.3) is 0 Å². The fraction of sp³-hybridized carbons (Fsp3) is 0.211. The molecule has 0 radical (unpaired) electrons. The second-order valence-corrected chi connectivity index (χ2v) is 7.11. The molecule has 9 nitrogen and oxygen atoms in total. The number of tetrazole rings is 1. The van der Waals surface area contributed by atoms with Crippen LogP contribution in [0.4, 0.5) is 5.69 Å². The van der Waals surface area contributed by atoms with E-state index in [2.05, 4.69) is 20.8 Å². The topological polar surface area (TPSA) is 108 Å². The van der Waals surface area contributed by atoms with Crippen molar-refractivity contribution in [2.24, 2.45) is 0 Å². The van der Waals surface area contributed by atoms with Crippen LogP contribution < -0.4 is 14.8 Å². The first-order valence-corrected chi connectivity index (χ1v) is 9.81. The van der Waals surface area contributed by atoms with Crippen LogP contribution >= 0.6 is 11.8 Å². The minimum absolute atomic E-state index is 0.0151. The standard InChI is InChI=1S/C19H17N5O4S/c1-12(25)13-2-5-15(6-3-13)24-19(21-22-23-24)29-11-18(26)20-14-4-7-16-17(10-14)28-9-8-27-16/h2-7,10H,8-9,11H2,1H3,(H,20,26). The summed E-state index contributed by atoms with van der Waals surface area (Å²) in [7, 11) is 0. The largest absolute Gasteiger partial charge is 0.486 e. The fourth-order valence-electron chi connectivity index (χ4n) is 2.72. The number of fused-ring (bicyclic) bond motifs is 1. The first-order valence-electron chi connectivity index (χ1n) is 8.82. The number of ether oxygens (including phenoxy) is 2. The van der Waals surface area contributed by atoms with Gasteiger partial charge in [0.2, 0.25) is 11.1 Å². The molecule has 0 fully saturated rings. The highest BCUT2D eigenvalue weighted by atomic mass is 32.2. The third-order valence-corrected chi connectivity index (χ3v) is 5.04. The van der Waals surface area contributed by atoms with Crippen LogP contribution in [0, 0.1) is 0 Å². The molecule has 1 N–H and O–H groups in total. The molecule has 0 bridgehead atoms. The highest BCUT2D eigenvalue weighted by Crippen LogP contribution is 2.32. The summed E-state index contributed by atoms with van der Waals surface area (Å²) in [5, 5.41) is 14.9. The lowest BCUT2D eigenvalue weighted by atomic mass is 10.1. The lowest BCUT2D eigenvalue weighted by Gasteiger charge is -2.18. The summed E-state index contributed by atoms with van der Waals surface area (Å²) in [6.45, 7) is 2.51. The normalized spacial score (nSPS) is 12.4. The van der Waals surface area contributed by atoms with Crippen LogP contribution in [0.25, 0.3) is 5.69 Å². The number of carbonyl (C=O) groups is 2. The van der Waals surface area contributed by atoms with Gasteiger partial charge in [-0.2, -0.15) is 4.68 Å². The van der Waals surface area contributed by atoms with Crippen LogP contribution in [-0.4, -0.2) is 50.9 Å². The Morgan fingerprint density at radius 1 is 1.10 bits per heavy atom. The molecule has 1 aromatic heterocycles. The molecule has 29 heavy (non-hydrogen) atoms. The van der Waals surface area contributed by atoms with Crippen LogP contribution in [0.3, 0.4) is 0 Å². The summed E-state index contributed by atoms with van der Waals surface area (Å²) >= 11 is 1.21. The Bertz CT molecular complexity index is 1050. The molecule has 0 unspecified atom stereocenters. The van der Waals surface area contributed by atoms with Gasteiger partial charge in [-0.05, 0) is 53.7 Å². The molecule has 0 aliphatic carbocycles. The molecule has 1 aliphatic heterocycles. The molecule has 0 atom stereocenters. The van der Waals surface area contributed by atoms with Crippen LogP contribution in [-0.2, 0) is 4.79 Å². The van der Waals surface area contributed by atoms with Gasteiger partial charge in [0.1, 0.15) is 13.2 Å². The van der Waals surface area contributed by atoms with Crippen LogP contribution in [0.5, 0.6) is 11.5 Å². The summed E-state index contributed by atoms with van der Waals surface area (Å²) in [6, 6.07) is 12.2. The summed E-state index contributed by atoms with van der Waals surface area (Å²) in [5.74, 6) is 1.19. The van der Waals surface area contributed by atoms with Crippen molar-refractivity contribution < 1.29 is 19.1 Å². The van der Waals surface area contributed by atoms with Gasteiger partial charge in [0, 0.05) is 17.3 Å². The molecular weight excluding hydrogens is 394 g/mol. The van der Waals surface area contributed by atoms with Crippen LogP contribution in [0.2, 0.25) is 0 Å². The molecular formula is C19H17N5O4S. The van der Waals surface area contributed by atoms with Crippen molar-refractivity contribution in [2.45, 2.75) is 12.1 Å². The van der Waals surface area contributed by atoms with Crippen LogP contribution in [0.1, 0.15) is 17.3 Å². The van der Waals surface area contributed by atoms with Crippen molar-refractivity contribution in [1.29, 1.82) is 0 Å². The second-order valence-electron chi connectivity index (χ2n) is 6.17. The monoisotopic (exact) mass is 411 g/mol. The number of amides is 1. The van der Waals surface area contributed by atoms with Gasteiger partial charge in [0.05, 0.1) is 11.4 Å². The molecule has 1 amide bonds. The van der Waals surface area contributed by atoms with E-state index in [1.54, 1.807) is 42.5 Å². The van der Waals surface area contributed by atoms with E-state index in [1.807, 2.05) is 0 Å². The molecule has 0 saturated heterocycles. The Labute approximate surface area is 170 Å². The number of hydrogen-bond acceptors (Lipinski definition) is 8. The van der Waals surface area contributed by atoms with E-state index in [4.69, 9.17) is 9.47 Å². The third-order valence-electron chi connectivity index (χ3n) is 4.12. The van der Waals surface area contributed by atoms with E-state index in [-0.39, 0.29) is 17.4 Å². The molecule has 0 spiro atoms. The maximum atomic E-state index is 12.3. The molecule has 3 aromatic rings. The number of rotatable bonds is 6. The maximum absolute atomic E-state index is 12.3. The van der Waals surface area contributed by atoms with Crippen molar-refractivity contribution in [2.75, 3.05) is 24.3 Å². The average Bonchev–Trinajstić information content (AvgIpc) is 3.21. The van der Waals surface area contributed by atoms with E-state index < -0.39 is 0 Å². The number of anilines is 1. The zero-order valence-corrected chi connectivity index (χ0v) is 16.3. The van der Waals surface area contributed by atoms with Crippen molar-refractivity contribution in [3.63, 3.8) is 0 Å². The zero-order valence-electron chi connectivity index (χ0n) is 15.5. The van der Waals surface area contributed by atoms with Gasteiger partial charge in [-0.25, -0.2) is 0 Å². The third kappa shape index (κ3) is 4.37. The minimum atomic E-state index is -0.201. The number of Topliss-reactive ketones (excluding diaryl/α,β-unsaturated/α-hetero) is 1. The Kier molecular flexibility index (Phi) is 5.43. The van der Waals surface area contributed by atoms with Crippen molar-refractivity contribution in [1.82, 2.24) is 20.2 Å². The predicted molar refractivity (Wildman–Crippen MR) is 106 cm³/mol. The number of nitrogens with one attached hydrogen (secondary N) is 1. The maximum Gasteiger partial charge on any atom is 0.234 e. The number of thioether (sulfide) groups is 1. The number of hydrogen-bond donors (Lipinski definition) is 1. The van der Waals surface area contributed by atoms with Gasteiger partial charge in [-0.3, -0.25) is 9.59 Å². The van der Waals surface area contributed by atoms with Crippen LogP contribution in [0.15, 0.2) is 47.6 Å². The van der Waals surface area contributed by atoms with Crippen molar-refractivity contribution >= 4 is 29.1 Å². The lowest BCUT2D eigenvalue weighted by Crippen LogP contribution is -2.17. The first-order chi connectivity index (χ1) is 14.1. The number of aromatic nitrogens is 4. The average molecular weight is 411 g/mol. The number of nitrogens with zero attached hydrogens (tertiary/aromatic N) is 4. The number of ketones is 1. The highest BCUT2D eigenvalue weighted by Gasteiger charge is 2.15. The van der Waals surface area contributed by atoms with E-state index in [0.717, 1.165) is 0 Å². The van der Waals surface area contributed by atoms with Crippen molar-refractivity contribution in [3.05, 3.63) is 48.0 Å². The number of benzene rings is 2. The Morgan fingerprint density at radius 3 is 2.62 bits per heavy atom. The quantitative estimate of drug-likeness (QED) is 0.486. The SMILES string of the molecule is CC(=O)c1ccc(-n2nnnc2SCC(=O)Nc2ccc3c(c2)OCCO3)cc1. The summed E-state index contributed by atoms with van der Waals surface area (Å²) in [5.41, 5.74) is 1.93. The molecule has 148 valence electrons. The predicted octanol–water partition coefficient (Wildman–Crippen LogP) is 2.37. The first kappa shape index (κ1) is 18.9. The molecule has 1 aliphatic rings. The Morgan fingerprint density at radius 2 is 1.86 bits per heavy atom. The van der Waals surface area contributed by atoms with Gasteiger partial charge in [-0.1, -0.05) is 11.8 Å². The lowest BCUT2D eigenvalue weighted by molar-refractivity contribution is -0.113. The van der Waals surface area contributed by atoms with Crippen molar-refractivity contribution in [3.8, 4) is 17.2 Å². The van der Waals surface area contributed by atoms with Gasteiger partial charge < -0.3 is 14.8 Å². The fourth-order valence-corrected chi connectivity index (χ4v) is 3.41. The highest BCUT2D eigenvalue weighted by molar-refractivity contribution is 7.99. The van der Waals surface area contributed by atoms with Gasteiger partial charge >= 0.3 is 0 Å². The minimum Gasteiger partial charge on any atom is -0.486 e. The smallest absolute Gasteiger partial charge is 0.234 e. The van der Waals surface area contributed by atoms with E-state index in [0.29, 0.717) is 46.8 Å². The molecule has 2 heterocycles. The van der Waals surface area contributed by atoms with E-state index >= 15 is 0 Å². The number of carbonyl (C=O) groups excluding carboxylic acids is 2. The molecule has 0 saturated carbocycles. The Hall–Kier alpha value is -3.40. The van der Waals surface area contributed by atoms with E-state index in [1.165, 1.54) is 23.4 Å². The van der Waals surface area contributed by atoms with Gasteiger partial charge in [0.15, 0.2) is 17.3 Å². The summed E-state index contributed by atoms with van der Waals surface area (Å²) in [4.78, 5) is 23.7. The molecule has 4 rings (SSSR count). The van der Waals surface area contributed by atoms with E-state index in [9.17, 15) is 9.59 Å². The second kappa shape index (κ2) is 8.31. The summed E-state index contributed by atoms with van der Waals surface area (Å²) < 4.78 is 12.5. The molecule has 10 heteroatoms. The summed E-state index contributed by atoms with van der Waals surface area (Å²) in [6.07, 6.45) is 0. The Balaban J connectivity index is 1.39. The van der Waals surface area contributed by atoms with Gasteiger partial charge in [-0.15, -0.1) is 5.10 Å².